The summed E-state index contributed by atoms with van der Waals surface area (Å²) in [4.78, 5) is 19.9. The Morgan fingerprint density at radius 3 is 2.79 bits per heavy atom. The number of carbonyl (C=O) groups excluding carboxylic acids is 1. The van der Waals surface area contributed by atoms with Crippen LogP contribution in [0, 0.1) is 6.92 Å². The molecule has 7 heteroatoms. The Kier molecular flexibility index (Phi) is 3.64. The van der Waals surface area contributed by atoms with Crippen LogP contribution in [0.15, 0.2) is 4.52 Å². The SMILES string of the molecule is CCOC(=O)c1nc(NC(C)C)c2c(C)noc2n1. The van der Waals surface area contributed by atoms with E-state index < -0.39 is 5.97 Å². The van der Waals surface area contributed by atoms with Gasteiger partial charge >= 0.3 is 5.97 Å². The van der Waals surface area contributed by atoms with E-state index in [0.29, 0.717) is 16.9 Å². The number of ether oxygens (including phenoxy) is 1. The van der Waals surface area contributed by atoms with Crippen LogP contribution < -0.4 is 5.32 Å². The van der Waals surface area contributed by atoms with E-state index in [2.05, 4.69) is 20.4 Å². The molecule has 0 amide bonds. The number of aryl methyl sites for hydroxylation is 1. The Balaban J connectivity index is 2.54. The first-order valence-corrected chi connectivity index (χ1v) is 6.10. The van der Waals surface area contributed by atoms with Crippen molar-refractivity contribution in [1.29, 1.82) is 0 Å². The van der Waals surface area contributed by atoms with E-state index in [1.54, 1.807) is 13.8 Å². The van der Waals surface area contributed by atoms with Crippen LogP contribution in [0.5, 0.6) is 0 Å². The molecule has 0 unspecified atom stereocenters. The Bertz CT molecular complexity index is 606. The summed E-state index contributed by atoms with van der Waals surface area (Å²) in [6, 6.07) is 0.155. The quantitative estimate of drug-likeness (QED) is 0.843. The lowest BCUT2D eigenvalue weighted by Crippen LogP contribution is -2.15. The van der Waals surface area contributed by atoms with Gasteiger partial charge in [0.05, 0.1) is 12.3 Å². The summed E-state index contributed by atoms with van der Waals surface area (Å²) in [6.45, 7) is 7.73. The van der Waals surface area contributed by atoms with Gasteiger partial charge in [-0.1, -0.05) is 5.16 Å². The van der Waals surface area contributed by atoms with E-state index in [-0.39, 0.29) is 24.2 Å². The molecule has 102 valence electrons. The standard InChI is InChI=1S/C12H16N4O3/c1-5-18-12(17)10-14-9(13-6(2)3)8-7(4)16-19-11(8)15-10/h6H,5H2,1-4H3,(H,13,14,15). The van der Waals surface area contributed by atoms with E-state index in [0.717, 1.165) is 0 Å². The van der Waals surface area contributed by atoms with Crippen molar-refractivity contribution in [2.24, 2.45) is 0 Å². The number of carbonyl (C=O) groups is 1. The van der Waals surface area contributed by atoms with Crippen LogP contribution in [0.25, 0.3) is 11.1 Å². The first-order chi connectivity index (χ1) is 9.02. The van der Waals surface area contributed by atoms with Gasteiger partial charge in [-0.05, 0) is 27.7 Å². The highest BCUT2D eigenvalue weighted by atomic mass is 16.5. The third-order valence-electron chi connectivity index (χ3n) is 2.39. The number of aromatic nitrogens is 3. The number of esters is 1. The Morgan fingerprint density at radius 1 is 1.42 bits per heavy atom. The zero-order chi connectivity index (χ0) is 14.0. The molecule has 2 aromatic rings. The number of hydrogen-bond acceptors (Lipinski definition) is 7. The van der Waals surface area contributed by atoms with Gasteiger partial charge in [0.25, 0.3) is 5.71 Å². The average Bonchev–Trinajstić information content (AvgIpc) is 2.71. The van der Waals surface area contributed by atoms with Gasteiger partial charge in [-0.25, -0.2) is 9.78 Å². The minimum Gasteiger partial charge on any atom is -0.460 e. The minimum atomic E-state index is -0.578. The van der Waals surface area contributed by atoms with Crippen molar-refractivity contribution in [3.8, 4) is 0 Å². The molecule has 0 aliphatic carbocycles. The molecular formula is C12H16N4O3. The van der Waals surface area contributed by atoms with Crippen molar-refractivity contribution >= 4 is 22.9 Å². The van der Waals surface area contributed by atoms with Gasteiger partial charge in [-0.15, -0.1) is 0 Å². The maximum Gasteiger partial charge on any atom is 0.376 e. The maximum absolute atomic E-state index is 11.7. The van der Waals surface area contributed by atoms with Crippen molar-refractivity contribution in [2.45, 2.75) is 33.7 Å². The van der Waals surface area contributed by atoms with Crippen molar-refractivity contribution in [1.82, 2.24) is 15.1 Å². The molecule has 1 N–H and O–H groups in total. The van der Waals surface area contributed by atoms with Crippen LogP contribution >= 0.6 is 0 Å². The summed E-state index contributed by atoms with van der Waals surface area (Å²) in [7, 11) is 0. The lowest BCUT2D eigenvalue weighted by atomic mass is 10.3. The molecule has 0 saturated heterocycles. The second kappa shape index (κ2) is 5.21. The first-order valence-electron chi connectivity index (χ1n) is 6.10. The van der Waals surface area contributed by atoms with Crippen LogP contribution in [0.1, 0.15) is 37.1 Å². The molecule has 0 aliphatic rings. The van der Waals surface area contributed by atoms with E-state index in [1.807, 2.05) is 13.8 Å². The Labute approximate surface area is 110 Å². The fourth-order valence-electron chi connectivity index (χ4n) is 1.65. The molecule has 2 heterocycles. The van der Waals surface area contributed by atoms with Crippen LogP contribution in [-0.4, -0.2) is 33.7 Å². The predicted octanol–water partition coefficient (Wildman–Crippen LogP) is 1.92. The molecule has 0 saturated carbocycles. The number of rotatable bonds is 4. The molecule has 0 aliphatic heterocycles. The molecule has 0 aromatic carbocycles. The molecule has 0 fully saturated rings. The van der Waals surface area contributed by atoms with E-state index in [1.165, 1.54) is 0 Å². The van der Waals surface area contributed by atoms with Crippen molar-refractivity contribution in [3.63, 3.8) is 0 Å². The topological polar surface area (TPSA) is 90.1 Å². The molecular weight excluding hydrogens is 248 g/mol. The summed E-state index contributed by atoms with van der Waals surface area (Å²) in [6.07, 6.45) is 0. The normalized spacial score (nSPS) is 11.0. The maximum atomic E-state index is 11.7. The Morgan fingerprint density at radius 2 is 2.16 bits per heavy atom. The number of hydrogen-bond donors (Lipinski definition) is 1. The lowest BCUT2D eigenvalue weighted by molar-refractivity contribution is 0.0512. The van der Waals surface area contributed by atoms with Gasteiger partial charge in [-0.2, -0.15) is 4.98 Å². The number of nitrogens with zero attached hydrogens (tertiary/aromatic N) is 3. The van der Waals surface area contributed by atoms with E-state index >= 15 is 0 Å². The van der Waals surface area contributed by atoms with Crippen LogP contribution in [0.2, 0.25) is 0 Å². The molecule has 0 radical (unpaired) electrons. The Hall–Kier alpha value is -2.18. The van der Waals surface area contributed by atoms with Gasteiger partial charge in [0, 0.05) is 6.04 Å². The van der Waals surface area contributed by atoms with Gasteiger partial charge in [0.1, 0.15) is 11.2 Å². The zero-order valence-electron chi connectivity index (χ0n) is 11.4. The van der Waals surface area contributed by atoms with Gasteiger partial charge in [0.2, 0.25) is 5.82 Å². The summed E-state index contributed by atoms with van der Waals surface area (Å²) >= 11 is 0. The van der Waals surface area contributed by atoms with Crippen molar-refractivity contribution in [3.05, 3.63) is 11.5 Å². The second-order valence-corrected chi connectivity index (χ2v) is 4.36. The highest BCUT2D eigenvalue weighted by molar-refractivity contribution is 5.93. The number of fused-ring (bicyclic) bond motifs is 1. The second-order valence-electron chi connectivity index (χ2n) is 4.36. The summed E-state index contributed by atoms with van der Waals surface area (Å²) < 4.78 is 9.98. The molecule has 2 rings (SSSR count). The van der Waals surface area contributed by atoms with Crippen LogP contribution in [0.3, 0.4) is 0 Å². The fraction of sp³-hybridized carbons (Fsp3) is 0.500. The van der Waals surface area contributed by atoms with Crippen molar-refractivity contribution in [2.75, 3.05) is 11.9 Å². The smallest absolute Gasteiger partial charge is 0.376 e. The number of anilines is 1. The highest BCUT2D eigenvalue weighted by Crippen LogP contribution is 2.24. The fourth-order valence-corrected chi connectivity index (χ4v) is 1.65. The van der Waals surface area contributed by atoms with Gasteiger partial charge in [-0.3, -0.25) is 0 Å². The minimum absolute atomic E-state index is 0.0337. The lowest BCUT2D eigenvalue weighted by Gasteiger charge is -2.10. The average molecular weight is 264 g/mol. The number of nitrogens with one attached hydrogen (secondary N) is 1. The molecule has 0 atom stereocenters. The van der Waals surface area contributed by atoms with Gasteiger partial charge < -0.3 is 14.6 Å². The first kappa shape index (κ1) is 13.3. The molecule has 7 nitrogen and oxygen atoms in total. The molecule has 2 aromatic heterocycles. The monoisotopic (exact) mass is 264 g/mol. The third-order valence-corrected chi connectivity index (χ3v) is 2.39. The largest absolute Gasteiger partial charge is 0.460 e. The van der Waals surface area contributed by atoms with Crippen LogP contribution in [-0.2, 0) is 4.74 Å². The summed E-state index contributed by atoms with van der Waals surface area (Å²) in [5.41, 5.74) is 0.951. The predicted molar refractivity (Wildman–Crippen MR) is 69.1 cm³/mol. The van der Waals surface area contributed by atoms with Crippen LogP contribution in [0.4, 0.5) is 5.82 Å². The van der Waals surface area contributed by atoms with Crippen molar-refractivity contribution < 1.29 is 14.1 Å². The molecule has 0 bridgehead atoms. The summed E-state index contributed by atoms with van der Waals surface area (Å²) in [5, 5.41) is 7.68. The highest BCUT2D eigenvalue weighted by Gasteiger charge is 2.19. The zero-order valence-corrected chi connectivity index (χ0v) is 11.4. The third kappa shape index (κ3) is 2.64. The summed E-state index contributed by atoms with van der Waals surface area (Å²) in [5.74, 6) is -0.0827. The molecule has 19 heavy (non-hydrogen) atoms. The molecule has 0 spiro atoms. The van der Waals surface area contributed by atoms with Gasteiger partial charge in [0.15, 0.2) is 0 Å². The van der Waals surface area contributed by atoms with E-state index in [4.69, 9.17) is 9.26 Å². The van der Waals surface area contributed by atoms with E-state index in [9.17, 15) is 4.79 Å².